The topological polar surface area (TPSA) is 106 Å². The molecule has 0 fully saturated rings. The quantitative estimate of drug-likeness (QED) is 0.625. The Labute approximate surface area is 177 Å². The SMILES string of the molecule is CCCC(N)C(=O)Nc1ccc(C)c(Oc2ccnc(C(=O)NC)c2)c1.Cl.Cl. The number of halogens is 2. The molecule has 1 aromatic heterocycles. The molecule has 0 aliphatic heterocycles. The van der Waals surface area contributed by atoms with E-state index in [1.165, 1.54) is 13.2 Å². The summed E-state index contributed by atoms with van der Waals surface area (Å²) in [5.41, 5.74) is 7.59. The van der Waals surface area contributed by atoms with Crippen molar-refractivity contribution in [3.63, 3.8) is 0 Å². The monoisotopic (exact) mass is 428 g/mol. The number of anilines is 1. The fourth-order valence-corrected chi connectivity index (χ4v) is 2.32. The molecule has 9 heteroatoms. The van der Waals surface area contributed by atoms with Gasteiger partial charge in [0.1, 0.15) is 17.2 Å². The number of carbonyl (C=O) groups is 2. The number of carbonyl (C=O) groups excluding carboxylic acids is 2. The maximum absolute atomic E-state index is 12.1. The Kier molecular flexibility index (Phi) is 11.2. The number of pyridine rings is 1. The first-order valence-electron chi connectivity index (χ1n) is 8.47. The number of nitrogens with one attached hydrogen (secondary N) is 2. The van der Waals surface area contributed by atoms with Crippen LogP contribution >= 0.6 is 24.8 Å². The molecule has 0 radical (unpaired) electrons. The molecule has 0 aliphatic carbocycles. The molecule has 0 saturated heterocycles. The van der Waals surface area contributed by atoms with E-state index in [1.54, 1.807) is 24.3 Å². The molecule has 28 heavy (non-hydrogen) atoms. The second-order valence-electron chi connectivity index (χ2n) is 5.92. The van der Waals surface area contributed by atoms with Gasteiger partial charge in [-0.15, -0.1) is 24.8 Å². The zero-order valence-electron chi connectivity index (χ0n) is 16.0. The molecule has 2 aromatic rings. The second kappa shape index (κ2) is 12.2. The maximum Gasteiger partial charge on any atom is 0.269 e. The van der Waals surface area contributed by atoms with Gasteiger partial charge < -0.3 is 21.1 Å². The molecule has 4 N–H and O–H groups in total. The lowest BCUT2D eigenvalue weighted by Crippen LogP contribution is -2.35. The number of rotatable bonds is 7. The summed E-state index contributed by atoms with van der Waals surface area (Å²) in [6, 6.07) is 8.04. The highest BCUT2D eigenvalue weighted by Gasteiger charge is 2.14. The van der Waals surface area contributed by atoms with Gasteiger partial charge >= 0.3 is 0 Å². The van der Waals surface area contributed by atoms with E-state index in [4.69, 9.17) is 10.5 Å². The lowest BCUT2D eigenvalue weighted by atomic mass is 10.1. The Balaban J connectivity index is 0.00000364. The Bertz CT molecular complexity index is 802. The molecule has 1 unspecified atom stereocenters. The molecule has 0 saturated carbocycles. The van der Waals surface area contributed by atoms with Gasteiger partial charge in [-0.1, -0.05) is 19.4 Å². The number of amides is 2. The summed E-state index contributed by atoms with van der Waals surface area (Å²) in [6.07, 6.45) is 2.97. The molecular weight excluding hydrogens is 403 g/mol. The predicted octanol–water partition coefficient (Wildman–Crippen LogP) is 3.45. The minimum atomic E-state index is -0.541. The van der Waals surface area contributed by atoms with Gasteiger partial charge in [-0.3, -0.25) is 14.6 Å². The fraction of sp³-hybridized carbons (Fsp3) is 0.316. The molecular formula is C19H26Cl2N4O3. The normalized spacial score (nSPS) is 10.7. The summed E-state index contributed by atoms with van der Waals surface area (Å²) < 4.78 is 5.87. The number of benzene rings is 1. The second-order valence-corrected chi connectivity index (χ2v) is 5.92. The van der Waals surface area contributed by atoms with Crippen LogP contribution in [0.2, 0.25) is 0 Å². The first-order chi connectivity index (χ1) is 12.4. The number of nitrogens with two attached hydrogens (primary N) is 1. The minimum absolute atomic E-state index is 0. The Morgan fingerprint density at radius 2 is 1.93 bits per heavy atom. The lowest BCUT2D eigenvalue weighted by Gasteiger charge is -2.14. The van der Waals surface area contributed by atoms with Gasteiger partial charge in [-0.2, -0.15) is 0 Å². The Morgan fingerprint density at radius 3 is 2.57 bits per heavy atom. The largest absolute Gasteiger partial charge is 0.457 e. The van der Waals surface area contributed by atoms with E-state index in [9.17, 15) is 9.59 Å². The van der Waals surface area contributed by atoms with E-state index >= 15 is 0 Å². The van der Waals surface area contributed by atoms with E-state index in [2.05, 4.69) is 15.6 Å². The third kappa shape index (κ3) is 6.99. The van der Waals surface area contributed by atoms with Crippen LogP contribution < -0.4 is 21.1 Å². The molecule has 7 nitrogen and oxygen atoms in total. The zero-order valence-corrected chi connectivity index (χ0v) is 17.7. The average molecular weight is 429 g/mol. The molecule has 2 amide bonds. The standard InChI is InChI=1S/C19H24N4O3.2ClH/c1-4-5-15(20)18(24)23-13-7-6-12(2)17(10-13)26-14-8-9-22-16(11-14)19(25)21-3;;/h6-11,15H,4-5,20H2,1-3H3,(H,21,25)(H,23,24);2*1H. The van der Waals surface area contributed by atoms with Gasteiger partial charge in [-0.05, 0) is 31.0 Å². The Morgan fingerprint density at radius 1 is 1.21 bits per heavy atom. The van der Waals surface area contributed by atoms with Crippen LogP contribution in [0.25, 0.3) is 0 Å². The summed E-state index contributed by atoms with van der Waals surface area (Å²) in [5, 5.41) is 5.32. The van der Waals surface area contributed by atoms with E-state index < -0.39 is 6.04 Å². The smallest absolute Gasteiger partial charge is 0.269 e. The minimum Gasteiger partial charge on any atom is -0.457 e. The first-order valence-corrected chi connectivity index (χ1v) is 8.47. The summed E-state index contributed by atoms with van der Waals surface area (Å²) in [6.45, 7) is 3.87. The number of ether oxygens (including phenoxy) is 1. The highest BCUT2D eigenvalue weighted by Crippen LogP contribution is 2.28. The van der Waals surface area contributed by atoms with Crippen molar-refractivity contribution < 1.29 is 14.3 Å². The van der Waals surface area contributed by atoms with Crippen molar-refractivity contribution >= 4 is 42.3 Å². The first kappa shape index (κ1) is 25.6. The Hall–Kier alpha value is -2.35. The summed E-state index contributed by atoms with van der Waals surface area (Å²) in [5.74, 6) is 0.527. The van der Waals surface area contributed by atoms with Gasteiger partial charge in [0.15, 0.2) is 0 Å². The third-order valence-electron chi connectivity index (χ3n) is 3.81. The molecule has 2 rings (SSSR count). The van der Waals surface area contributed by atoms with E-state index in [-0.39, 0.29) is 42.3 Å². The van der Waals surface area contributed by atoms with Crippen LogP contribution in [0, 0.1) is 6.92 Å². The van der Waals surface area contributed by atoms with Crippen LogP contribution in [-0.2, 0) is 4.79 Å². The number of hydrogen-bond acceptors (Lipinski definition) is 5. The molecule has 0 spiro atoms. The van der Waals surface area contributed by atoms with Crippen molar-refractivity contribution in [1.82, 2.24) is 10.3 Å². The van der Waals surface area contributed by atoms with Crippen LogP contribution in [0.5, 0.6) is 11.5 Å². The van der Waals surface area contributed by atoms with E-state index in [0.717, 1.165) is 12.0 Å². The van der Waals surface area contributed by atoms with Gasteiger partial charge in [0, 0.05) is 31.1 Å². The zero-order chi connectivity index (χ0) is 19.1. The van der Waals surface area contributed by atoms with Gasteiger partial charge in [-0.25, -0.2) is 0 Å². The van der Waals surface area contributed by atoms with Crippen molar-refractivity contribution in [2.24, 2.45) is 5.73 Å². The molecule has 1 aromatic carbocycles. The fourth-order valence-electron chi connectivity index (χ4n) is 2.32. The highest BCUT2D eigenvalue weighted by molar-refractivity contribution is 5.95. The predicted molar refractivity (Wildman–Crippen MR) is 115 cm³/mol. The highest BCUT2D eigenvalue weighted by atomic mass is 35.5. The number of nitrogens with zero attached hydrogens (tertiary/aromatic N) is 1. The molecule has 0 bridgehead atoms. The summed E-state index contributed by atoms with van der Waals surface area (Å²) >= 11 is 0. The molecule has 1 heterocycles. The summed E-state index contributed by atoms with van der Waals surface area (Å²) in [4.78, 5) is 27.8. The lowest BCUT2D eigenvalue weighted by molar-refractivity contribution is -0.117. The van der Waals surface area contributed by atoms with Gasteiger partial charge in [0.2, 0.25) is 5.91 Å². The number of aromatic nitrogens is 1. The van der Waals surface area contributed by atoms with Crippen molar-refractivity contribution in [3.05, 3.63) is 47.8 Å². The third-order valence-corrected chi connectivity index (χ3v) is 3.81. The van der Waals surface area contributed by atoms with Gasteiger partial charge in [0.05, 0.1) is 6.04 Å². The van der Waals surface area contributed by atoms with E-state index in [1.807, 2.05) is 19.9 Å². The van der Waals surface area contributed by atoms with Crippen LogP contribution in [0.4, 0.5) is 5.69 Å². The van der Waals surface area contributed by atoms with Crippen molar-refractivity contribution in [2.75, 3.05) is 12.4 Å². The van der Waals surface area contributed by atoms with Crippen LogP contribution in [0.1, 0.15) is 35.8 Å². The number of hydrogen-bond donors (Lipinski definition) is 3. The maximum atomic E-state index is 12.1. The van der Waals surface area contributed by atoms with Crippen LogP contribution in [0.15, 0.2) is 36.5 Å². The van der Waals surface area contributed by atoms with Crippen molar-refractivity contribution in [1.29, 1.82) is 0 Å². The van der Waals surface area contributed by atoms with Crippen molar-refractivity contribution in [3.8, 4) is 11.5 Å². The van der Waals surface area contributed by atoms with Crippen LogP contribution in [-0.4, -0.2) is 29.9 Å². The van der Waals surface area contributed by atoms with Crippen molar-refractivity contribution in [2.45, 2.75) is 32.7 Å². The van der Waals surface area contributed by atoms with Gasteiger partial charge in [0.25, 0.3) is 5.91 Å². The molecule has 154 valence electrons. The average Bonchev–Trinajstić information content (AvgIpc) is 2.64. The number of aryl methyl sites for hydroxylation is 1. The van der Waals surface area contributed by atoms with E-state index in [0.29, 0.717) is 23.6 Å². The van der Waals surface area contributed by atoms with Crippen LogP contribution in [0.3, 0.4) is 0 Å². The molecule has 0 aliphatic rings. The summed E-state index contributed by atoms with van der Waals surface area (Å²) in [7, 11) is 1.54. The molecule has 1 atom stereocenters.